The lowest BCUT2D eigenvalue weighted by molar-refractivity contribution is -0.147. The first-order valence-electron chi connectivity index (χ1n) is 21.5. The molecular formula is C43H80NO8P. The van der Waals surface area contributed by atoms with Crippen LogP contribution in [0.1, 0.15) is 194 Å². The van der Waals surface area contributed by atoms with Crippen LogP contribution in [0.25, 0.3) is 0 Å². The normalized spacial score (nSPS) is 13.7. The number of aliphatic hydroxyl groups is 1. The van der Waals surface area contributed by atoms with E-state index in [1.165, 1.54) is 103 Å². The molecule has 0 aliphatic carbocycles. The van der Waals surface area contributed by atoms with Crippen LogP contribution in [0.5, 0.6) is 0 Å². The maximum Gasteiger partial charge on any atom is 0.472 e. The number of unbranched alkanes of at least 4 members (excludes halogenated alkanes) is 21. The summed E-state index contributed by atoms with van der Waals surface area (Å²) in [6.45, 7) is 3.42. The third-order valence-electron chi connectivity index (χ3n) is 9.08. The summed E-state index contributed by atoms with van der Waals surface area (Å²) in [6.07, 6.45) is 43.7. The Morgan fingerprint density at radius 1 is 0.604 bits per heavy atom. The highest BCUT2D eigenvalue weighted by atomic mass is 31.2. The van der Waals surface area contributed by atoms with Crippen molar-refractivity contribution in [2.24, 2.45) is 0 Å². The van der Waals surface area contributed by atoms with Crippen molar-refractivity contribution in [3.63, 3.8) is 0 Å². The second-order valence-corrected chi connectivity index (χ2v) is 15.7. The predicted molar refractivity (Wildman–Crippen MR) is 220 cm³/mol. The number of carbonyl (C=O) groups is 2. The van der Waals surface area contributed by atoms with Gasteiger partial charge in [-0.15, -0.1) is 0 Å². The van der Waals surface area contributed by atoms with Gasteiger partial charge in [0.05, 0.1) is 13.2 Å². The van der Waals surface area contributed by atoms with Crippen molar-refractivity contribution in [2.75, 3.05) is 26.4 Å². The predicted octanol–water partition coefficient (Wildman–Crippen LogP) is 11.8. The minimum Gasteiger partial charge on any atom is -0.463 e. The number of phosphoric ester groups is 1. The van der Waals surface area contributed by atoms with Gasteiger partial charge in [0.2, 0.25) is 5.91 Å². The fourth-order valence-electron chi connectivity index (χ4n) is 5.87. The number of ether oxygens (including phenoxy) is 1. The summed E-state index contributed by atoms with van der Waals surface area (Å²) in [4.78, 5) is 33.8. The second-order valence-electron chi connectivity index (χ2n) is 14.3. The molecule has 0 bridgehead atoms. The summed E-state index contributed by atoms with van der Waals surface area (Å²) in [5.74, 6) is -0.542. The van der Waals surface area contributed by atoms with Crippen LogP contribution in [0.15, 0.2) is 36.5 Å². The number of hydrogen-bond acceptors (Lipinski definition) is 7. The Kier molecular flexibility index (Phi) is 38.6. The minimum absolute atomic E-state index is 0.0802. The maximum atomic E-state index is 12.1. The Morgan fingerprint density at radius 3 is 1.62 bits per heavy atom. The SMILES string of the molecule is CC/C=C\C/C=C\C/C=C\CCCCCC(=O)OCC(O)COP(=O)(O)OCCNC(=O)CCCCCCCCCCCCCCCCCCCCC. The third kappa shape index (κ3) is 41.2. The minimum atomic E-state index is -4.42. The molecule has 0 fully saturated rings. The van der Waals surface area contributed by atoms with Crippen LogP contribution >= 0.6 is 7.82 Å². The number of amides is 1. The highest BCUT2D eigenvalue weighted by Crippen LogP contribution is 2.42. The summed E-state index contributed by atoms with van der Waals surface area (Å²) in [5.41, 5.74) is 0. The zero-order chi connectivity index (χ0) is 38.9. The van der Waals surface area contributed by atoms with Gasteiger partial charge in [-0.1, -0.05) is 172 Å². The fraction of sp³-hybridized carbons (Fsp3) is 0.814. The standard InChI is InChI=1S/C43H80NO8P/c1-3-5-7-9-11-13-15-17-18-19-20-21-22-24-25-27-29-31-33-35-42(46)44-37-38-51-53(48,49)52-40-41(45)39-50-43(47)36-34-32-30-28-26-23-16-14-12-10-8-6-4-2/h6,8,12,14,23,26,41,45H,3-5,7,9-11,13,15-22,24-25,27-40H2,1-2H3,(H,44,46)(H,48,49)/b8-6-,14-12-,26-23-. The van der Waals surface area contributed by atoms with Gasteiger partial charge in [-0.25, -0.2) is 4.57 Å². The number of esters is 1. The lowest BCUT2D eigenvalue weighted by Gasteiger charge is -2.15. The van der Waals surface area contributed by atoms with Crippen LogP contribution in [0, 0.1) is 0 Å². The molecule has 0 aromatic carbocycles. The van der Waals surface area contributed by atoms with E-state index in [9.17, 15) is 24.2 Å². The van der Waals surface area contributed by atoms with Crippen LogP contribution in [0.4, 0.5) is 0 Å². The van der Waals surface area contributed by atoms with E-state index in [2.05, 4.69) is 55.6 Å². The zero-order valence-corrected chi connectivity index (χ0v) is 34.9. The molecule has 0 rings (SSSR count). The maximum absolute atomic E-state index is 12.1. The average molecular weight is 770 g/mol. The highest BCUT2D eigenvalue weighted by molar-refractivity contribution is 7.47. The summed E-state index contributed by atoms with van der Waals surface area (Å²) in [5, 5.41) is 12.7. The number of carbonyl (C=O) groups excluding carboxylic acids is 2. The first-order chi connectivity index (χ1) is 25.8. The van der Waals surface area contributed by atoms with Crippen molar-refractivity contribution in [3.05, 3.63) is 36.5 Å². The molecule has 0 heterocycles. The van der Waals surface area contributed by atoms with Crippen LogP contribution < -0.4 is 5.32 Å². The first-order valence-corrected chi connectivity index (χ1v) is 23.0. The number of phosphoric acid groups is 1. The Balaban J connectivity index is 3.59. The number of allylic oxidation sites excluding steroid dienone is 6. The molecule has 0 aliphatic heterocycles. The molecule has 0 aromatic rings. The molecule has 0 saturated heterocycles. The van der Waals surface area contributed by atoms with Crippen LogP contribution in [0.2, 0.25) is 0 Å². The van der Waals surface area contributed by atoms with E-state index in [0.717, 1.165) is 57.8 Å². The second kappa shape index (κ2) is 39.9. The van der Waals surface area contributed by atoms with Crippen LogP contribution in [-0.2, 0) is 27.9 Å². The van der Waals surface area contributed by atoms with Crippen molar-refractivity contribution >= 4 is 19.7 Å². The van der Waals surface area contributed by atoms with E-state index in [0.29, 0.717) is 12.8 Å². The van der Waals surface area contributed by atoms with Gasteiger partial charge in [0.15, 0.2) is 0 Å². The van der Waals surface area contributed by atoms with Crippen molar-refractivity contribution in [1.29, 1.82) is 0 Å². The van der Waals surface area contributed by atoms with Gasteiger partial charge in [-0.2, -0.15) is 0 Å². The molecule has 0 spiro atoms. The molecule has 53 heavy (non-hydrogen) atoms. The number of rotatable bonds is 40. The van der Waals surface area contributed by atoms with Gasteiger partial charge in [-0.3, -0.25) is 18.6 Å². The molecule has 310 valence electrons. The van der Waals surface area contributed by atoms with Gasteiger partial charge in [0.25, 0.3) is 0 Å². The fourth-order valence-corrected chi connectivity index (χ4v) is 6.62. The van der Waals surface area contributed by atoms with Crippen molar-refractivity contribution < 1.29 is 37.9 Å². The lowest BCUT2D eigenvalue weighted by Crippen LogP contribution is -2.27. The van der Waals surface area contributed by atoms with Gasteiger partial charge >= 0.3 is 13.8 Å². The Hall–Kier alpha value is -1.77. The molecule has 1 amide bonds. The quantitative estimate of drug-likeness (QED) is 0.0243. The van der Waals surface area contributed by atoms with Crippen molar-refractivity contribution in [3.8, 4) is 0 Å². The molecule has 2 atom stereocenters. The molecule has 3 N–H and O–H groups in total. The molecule has 0 aromatic heterocycles. The van der Waals surface area contributed by atoms with Gasteiger partial charge in [0, 0.05) is 19.4 Å². The van der Waals surface area contributed by atoms with E-state index < -0.39 is 26.5 Å². The molecule has 0 radical (unpaired) electrons. The smallest absolute Gasteiger partial charge is 0.463 e. The molecule has 0 saturated carbocycles. The van der Waals surface area contributed by atoms with E-state index in [4.69, 9.17) is 13.8 Å². The zero-order valence-electron chi connectivity index (χ0n) is 34.0. The number of aliphatic hydroxyl groups excluding tert-OH is 1. The topological polar surface area (TPSA) is 131 Å². The number of hydrogen-bond donors (Lipinski definition) is 3. The summed E-state index contributed by atoms with van der Waals surface area (Å²) < 4.78 is 26.8. The van der Waals surface area contributed by atoms with Crippen LogP contribution in [-0.4, -0.2) is 54.3 Å². The molecular weight excluding hydrogens is 689 g/mol. The summed E-state index contributed by atoms with van der Waals surface area (Å²) >= 11 is 0. The molecule has 10 heteroatoms. The molecule has 9 nitrogen and oxygen atoms in total. The molecule has 2 unspecified atom stereocenters. The van der Waals surface area contributed by atoms with E-state index in [1.807, 2.05) is 0 Å². The van der Waals surface area contributed by atoms with E-state index in [-0.39, 0.29) is 32.1 Å². The van der Waals surface area contributed by atoms with Gasteiger partial charge in [-0.05, 0) is 44.9 Å². The monoisotopic (exact) mass is 770 g/mol. The Morgan fingerprint density at radius 2 is 1.08 bits per heavy atom. The van der Waals surface area contributed by atoms with Gasteiger partial charge in [0.1, 0.15) is 12.7 Å². The number of nitrogens with one attached hydrogen (secondary N) is 1. The third-order valence-corrected chi connectivity index (χ3v) is 10.1. The van der Waals surface area contributed by atoms with Crippen LogP contribution in [0.3, 0.4) is 0 Å². The molecule has 0 aliphatic rings. The lowest BCUT2D eigenvalue weighted by atomic mass is 10.0. The summed E-state index contributed by atoms with van der Waals surface area (Å²) in [6, 6.07) is 0. The Bertz CT molecular complexity index is 970. The Labute approximate surface area is 324 Å². The average Bonchev–Trinajstić information content (AvgIpc) is 3.14. The summed E-state index contributed by atoms with van der Waals surface area (Å²) in [7, 11) is -4.42. The van der Waals surface area contributed by atoms with Crippen molar-refractivity contribution in [1.82, 2.24) is 5.32 Å². The van der Waals surface area contributed by atoms with Crippen molar-refractivity contribution in [2.45, 2.75) is 200 Å². The largest absolute Gasteiger partial charge is 0.472 e. The first kappa shape index (κ1) is 51.2. The van der Waals surface area contributed by atoms with Gasteiger partial charge < -0.3 is 20.1 Å². The van der Waals surface area contributed by atoms with E-state index in [1.54, 1.807) is 0 Å². The highest BCUT2D eigenvalue weighted by Gasteiger charge is 2.23. The van der Waals surface area contributed by atoms with E-state index >= 15 is 0 Å².